The quantitative estimate of drug-likeness (QED) is 0.497. The Balaban J connectivity index is 4.08. The molecule has 3 nitrogen and oxygen atoms in total. The predicted molar refractivity (Wildman–Crippen MR) is 62.6 cm³/mol. The van der Waals surface area contributed by atoms with Gasteiger partial charge in [0.1, 0.15) is 0 Å². The Morgan fingerprint density at radius 1 is 1.53 bits per heavy atom. The van der Waals surface area contributed by atoms with Crippen LogP contribution in [0.5, 0.6) is 0 Å². The molecule has 1 atom stereocenters. The van der Waals surface area contributed by atoms with E-state index < -0.39 is 11.4 Å². The lowest BCUT2D eigenvalue weighted by molar-refractivity contribution is -0.151. The lowest BCUT2D eigenvalue weighted by Crippen LogP contribution is -2.28. The van der Waals surface area contributed by atoms with Crippen molar-refractivity contribution in [2.45, 2.75) is 33.6 Å². The summed E-state index contributed by atoms with van der Waals surface area (Å²) in [6, 6.07) is 2.06. The summed E-state index contributed by atoms with van der Waals surface area (Å²) in [6.45, 7) is 5.84. The van der Waals surface area contributed by atoms with Gasteiger partial charge in [0.15, 0.2) is 5.41 Å². The van der Waals surface area contributed by atoms with Gasteiger partial charge in [-0.05, 0) is 38.2 Å². The van der Waals surface area contributed by atoms with Crippen molar-refractivity contribution in [1.29, 1.82) is 5.26 Å². The topological polar surface area (TPSA) is 50.1 Å². The number of thioether (sulfide) groups is 1. The van der Waals surface area contributed by atoms with Crippen molar-refractivity contribution >= 4 is 17.7 Å². The zero-order valence-electron chi connectivity index (χ0n) is 9.71. The summed E-state index contributed by atoms with van der Waals surface area (Å²) in [6.07, 6.45) is 1.46. The third-order valence-corrected chi connectivity index (χ3v) is 3.13. The van der Waals surface area contributed by atoms with Crippen LogP contribution in [0.2, 0.25) is 0 Å². The van der Waals surface area contributed by atoms with E-state index in [9.17, 15) is 4.79 Å². The van der Waals surface area contributed by atoms with Crippen LogP contribution < -0.4 is 0 Å². The van der Waals surface area contributed by atoms with Gasteiger partial charge in [0.25, 0.3) is 0 Å². The highest BCUT2D eigenvalue weighted by Gasteiger charge is 2.34. The Labute approximate surface area is 96.2 Å². The molecular formula is C11H19NO2S. The minimum absolute atomic E-state index is 0.333. The van der Waals surface area contributed by atoms with Gasteiger partial charge in [-0.1, -0.05) is 6.92 Å². The molecule has 0 aromatic rings. The van der Waals surface area contributed by atoms with E-state index in [1.807, 2.05) is 11.8 Å². The van der Waals surface area contributed by atoms with E-state index in [1.54, 1.807) is 13.8 Å². The zero-order valence-corrected chi connectivity index (χ0v) is 10.5. The van der Waals surface area contributed by atoms with Gasteiger partial charge in [-0.3, -0.25) is 4.79 Å². The maximum atomic E-state index is 11.5. The SMILES string of the molecule is CCOC(=O)C(C)(C#N)CCCSCC. The summed E-state index contributed by atoms with van der Waals surface area (Å²) in [4.78, 5) is 11.5. The molecule has 0 heterocycles. The van der Waals surface area contributed by atoms with Gasteiger partial charge in [0.2, 0.25) is 0 Å². The maximum absolute atomic E-state index is 11.5. The van der Waals surface area contributed by atoms with Crippen molar-refractivity contribution in [1.82, 2.24) is 0 Å². The van der Waals surface area contributed by atoms with Gasteiger partial charge < -0.3 is 4.74 Å². The molecule has 1 unspecified atom stereocenters. The van der Waals surface area contributed by atoms with Gasteiger partial charge in [-0.2, -0.15) is 17.0 Å². The number of nitrogens with zero attached hydrogens (tertiary/aromatic N) is 1. The fraction of sp³-hybridized carbons (Fsp3) is 0.818. The van der Waals surface area contributed by atoms with Crippen LogP contribution in [0, 0.1) is 16.7 Å². The molecule has 0 aliphatic heterocycles. The highest BCUT2D eigenvalue weighted by atomic mass is 32.2. The largest absolute Gasteiger partial charge is 0.465 e. The molecular weight excluding hydrogens is 210 g/mol. The summed E-state index contributed by atoms with van der Waals surface area (Å²) < 4.78 is 4.89. The van der Waals surface area contributed by atoms with Crippen LogP contribution in [0.4, 0.5) is 0 Å². The van der Waals surface area contributed by atoms with Crippen molar-refractivity contribution in [2.75, 3.05) is 18.1 Å². The summed E-state index contributed by atoms with van der Waals surface area (Å²) >= 11 is 1.82. The summed E-state index contributed by atoms with van der Waals surface area (Å²) in [5.74, 6) is 1.67. The Bertz CT molecular complexity index is 237. The molecule has 0 N–H and O–H groups in total. The van der Waals surface area contributed by atoms with E-state index in [0.717, 1.165) is 17.9 Å². The van der Waals surface area contributed by atoms with E-state index in [4.69, 9.17) is 10.00 Å². The average Bonchev–Trinajstić information content (AvgIpc) is 2.24. The number of nitriles is 1. The smallest absolute Gasteiger partial charge is 0.326 e. The second-order valence-electron chi connectivity index (χ2n) is 3.46. The molecule has 0 aliphatic rings. The van der Waals surface area contributed by atoms with Crippen molar-refractivity contribution in [3.05, 3.63) is 0 Å². The Morgan fingerprint density at radius 2 is 2.20 bits per heavy atom. The fourth-order valence-electron chi connectivity index (χ4n) is 1.17. The Morgan fingerprint density at radius 3 is 2.67 bits per heavy atom. The lowest BCUT2D eigenvalue weighted by atomic mass is 9.87. The van der Waals surface area contributed by atoms with E-state index >= 15 is 0 Å². The van der Waals surface area contributed by atoms with Crippen LogP contribution >= 0.6 is 11.8 Å². The highest BCUT2D eigenvalue weighted by molar-refractivity contribution is 7.99. The number of rotatable bonds is 7. The van der Waals surface area contributed by atoms with Gasteiger partial charge in [-0.15, -0.1) is 0 Å². The Hall–Kier alpha value is -0.690. The minimum Gasteiger partial charge on any atom is -0.465 e. The first kappa shape index (κ1) is 14.3. The number of esters is 1. The summed E-state index contributed by atoms with van der Waals surface area (Å²) in [7, 11) is 0. The molecule has 0 saturated heterocycles. The van der Waals surface area contributed by atoms with Crippen molar-refractivity contribution in [3.8, 4) is 6.07 Å². The first-order chi connectivity index (χ1) is 7.10. The van der Waals surface area contributed by atoms with E-state index in [1.165, 1.54) is 0 Å². The molecule has 86 valence electrons. The second-order valence-corrected chi connectivity index (χ2v) is 4.86. The fourth-order valence-corrected chi connectivity index (χ4v) is 1.80. The standard InChI is InChI=1S/C11H19NO2S/c1-4-14-10(13)11(3,9-12)7-6-8-15-5-2/h4-8H2,1-3H3. The first-order valence-corrected chi connectivity index (χ1v) is 6.42. The monoisotopic (exact) mass is 229 g/mol. The molecule has 0 rings (SSSR count). The number of carbonyl (C=O) groups is 1. The molecule has 0 amide bonds. The molecule has 0 spiro atoms. The van der Waals surface area contributed by atoms with Gasteiger partial charge in [0.05, 0.1) is 12.7 Å². The molecule has 0 saturated carbocycles. The van der Waals surface area contributed by atoms with Gasteiger partial charge >= 0.3 is 5.97 Å². The third-order valence-electron chi connectivity index (χ3n) is 2.14. The van der Waals surface area contributed by atoms with E-state index in [-0.39, 0.29) is 0 Å². The molecule has 0 fully saturated rings. The molecule has 0 aromatic carbocycles. The summed E-state index contributed by atoms with van der Waals surface area (Å²) in [5.41, 5.74) is -0.968. The molecule has 0 aromatic heterocycles. The predicted octanol–water partition coefficient (Wildman–Crippen LogP) is 2.61. The van der Waals surface area contributed by atoms with E-state index in [2.05, 4.69) is 13.0 Å². The average molecular weight is 229 g/mol. The van der Waals surface area contributed by atoms with Crippen LogP contribution in [-0.4, -0.2) is 24.1 Å². The van der Waals surface area contributed by atoms with Crippen LogP contribution in [0.3, 0.4) is 0 Å². The number of hydrogen-bond donors (Lipinski definition) is 0. The number of carbonyl (C=O) groups excluding carboxylic acids is 1. The van der Waals surface area contributed by atoms with Crippen LogP contribution in [0.25, 0.3) is 0 Å². The summed E-state index contributed by atoms with van der Waals surface area (Å²) in [5, 5.41) is 8.98. The lowest BCUT2D eigenvalue weighted by Gasteiger charge is -2.18. The molecule has 15 heavy (non-hydrogen) atoms. The van der Waals surface area contributed by atoms with Crippen molar-refractivity contribution in [3.63, 3.8) is 0 Å². The van der Waals surface area contributed by atoms with E-state index in [0.29, 0.717) is 13.0 Å². The molecule has 0 bridgehead atoms. The Kier molecular flexibility index (Phi) is 7.23. The number of hydrogen-bond acceptors (Lipinski definition) is 4. The van der Waals surface area contributed by atoms with Crippen LogP contribution in [-0.2, 0) is 9.53 Å². The molecule has 0 radical (unpaired) electrons. The number of ether oxygens (including phenoxy) is 1. The molecule has 4 heteroatoms. The highest BCUT2D eigenvalue weighted by Crippen LogP contribution is 2.25. The van der Waals surface area contributed by atoms with Crippen LogP contribution in [0.15, 0.2) is 0 Å². The van der Waals surface area contributed by atoms with Crippen LogP contribution in [0.1, 0.15) is 33.6 Å². The second kappa shape index (κ2) is 7.58. The third kappa shape index (κ3) is 5.08. The van der Waals surface area contributed by atoms with Crippen molar-refractivity contribution in [2.24, 2.45) is 5.41 Å². The normalized spacial score (nSPS) is 14.0. The van der Waals surface area contributed by atoms with Crippen molar-refractivity contribution < 1.29 is 9.53 Å². The molecule has 0 aliphatic carbocycles. The first-order valence-electron chi connectivity index (χ1n) is 5.27. The maximum Gasteiger partial charge on any atom is 0.326 e. The van der Waals surface area contributed by atoms with Gasteiger partial charge in [-0.25, -0.2) is 0 Å². The van der Waals surface area contributed by atoms with Gasteiger partial charge in [0, 0.05) is 0 Å². The zero-order chi connectivity index (χ0) is 11.7. The minimum atomic E-state index is -0.968.